The molecule has 130 valence electrons. The second-order valence-electron chi connectivity index (χ2n) is 5.87. The topological polar surface area (TPSA) is 125 Å². The molecule has 1 rings (SSSR count). The summed E-state index contributed by atoms with van der Waals surface area (Å²) in [6, 6.07) is 0. The number of ketones is 1. The van der Waals surface area contributed by atoms with Gasteiger partial charge in [-0.2, -0.15) is 5.48 Å². The van der Waals surface area contributed by atoms with Gasteiger partial charge >= 0.3 is 5.95 Å². The first-order chi connectivity index (χ1) is 10.8. The molecule has 0 bridgehead atoms. The molecule has 0 saturated heterocycles. The van der Waals surface area contributed by atoms with E-state index >= 15 is 0 Å². The maximum atomic E-state index is 12.1. The molecule has 1 aromatic rings. The van der Waals surface area contributed by atoms with Gasteiger partial charge in [0.15, 0.2) is 5.78 Å². The summed E-state index contributed by atoms with van der Waals surface area (Å²) in [5.41, 5.74) is 7.55. The molecule has 0 aliphatic carbocycles. The van der Waals surface area contributed by atoms with Gasteiger partial charge in [-0.25, -0.2) is 4.57 Å². The minimum Gasteiger partial charge on any atom is -0.390 e. The second kappa shape index (κ2) is 8.70. The van der Waals surface area contributed by atoms with Crippen LogP contribution >= 0.6 is 0 Å². The van der Waals surface area contributed by atoms with Gasteiger partial charge in [-0.3, -0.25) is 9.63 Å². The van der Waals surface area contributed by atoms with Crippen molar-refractivity contribution in [3.8, 4) is 0 Å². The number of nitro groups is 1. The van der Waals surface area contributed by atoms with Crippen molar-refractivity contribution >= 4 is 11.7 Å². The number of unbranched alkanes of at least 4 members (excludes halogenated alkanes) is 1. The smallest absolute Gasteiger partial charge is 0.390 e. The van der Waals surface area contributed by atoms with Crippen molar-refractivity contribution in [2.24, 2.45) is 5.73 Å². The number of nitrogens with two attached hydrogens (primary N) is 1. The third kappa shape index (κ3) is 5.70. The molecule has 1 unspecified atom stereocenters. The van der Waals surface area contributed by atoms with E-state index in [4.69, 9.17) is 10.6 Å². The number of Topliss-reactive ketones (excluding diaryl/α,β-unsaturated/α-hetero) is 1. The molecule has 1 heterocycles. The van der Waals surface area contributed by atoms with Crippen LogP contribution < -0.4 is 11.2 Å². The summed E-state index contributed by atoms with van der Waals surface area (Å²) >= 11 is 0. The molecule has 1 atom stereocenters. The quantitative estimate of drug-likeness (QED) is 0.461. The van der Waals surface area contributed by atoms with Crippen molar-refractivity contribution in [2.45, 2.75) is 58.2 Å². The van der Waals surface area contributed by atoms with E-state index < -0.39 is 16.6 Å². The van der Waals surface area contributed by atoms with Crippen LogP contribution in [0.3, 0.4) is 0 Å². The molecule has 3 N–H and O–H groups in total. The lowest BCUT2D eigenvalue weighted by atomic mass is 9.96. The van der Waals surface area contributed by atoms with Crippen LogP contribution in [0.2, 0.25) is 0 Å². The van der Waals surface area contributed by atoms with Crippen LogP contribution in [0.15, 0.2) is 12.4 Å². The molecule has 0 spiro atoms. The summed E-state index contributed by atoms with van der Waals surface area (Å²) in [4.78, 5) is 31.6. The Morgan fingerprint density at radius 1 is 1.61 bits per heavy atom. The molecule has 9 nitrogen and oxygen atoms in total. The van der Waals surface area contributed by atoms with Crippen LogP contribution in [0.4, 0.5) is 5.95 Å². The molecule has 0 aromatic carbocycles. The number of hydrogen-bond acceptors (Lipinski definition) is 7. The van der Waals surface area contributed by atoms with Gasteiger partial charge < -0.3 is 15.8 Å². The summed E-state index contributed by atoms with van der Waals surface area (Å²) in [6.07, 6.45) is 4.55. The molecule has 0 radical (unpaired) electrons. The van der Waals surface area contributed by atoms with E-state index in [0.29, 0.717) is 6.42 Å². The molecule has 1 aromatic heterocycles. The van der Waals surface area contributed by atoms with Crippen molar-refractivity contribution in [3.63, 3.8) is 0 Å². The summed E-state index contributed by atoms with van der Waals surface area (Å²) in [6.45, 7) is 5.80. The number of hydroxylamine groups is 1. The monoisotopic (exact) mass is 327 g/mol. The largest absolute Gasteiger partial charge is 0.434 e. The number of nitrogens with zero attached hydrogens (tertiary/aromatic N) is 3. The van der Waals surface area contributed by atoms with Gasteiger partial charge in [-0.05, 0) is 25.2 Å². The first-order valence-corrected chi connectivity index (χ1v) is 7.63. The minimum absolute atomic E-state index is 0.0451. The third-order valence-electron chi connectivity index (χ3n) is 3.46. The van der Waals surface area contributed by atoms with E-state index in [1.165, 1.54) is 17.0 Å². The van der Waals surface area contributed by atoms with E-state index in [1.54, 1.807) is 13.8 Å². The van der Waals surface area contributed by atoms with Crippen molar-refractivity contribution in [1.82, 2.24) is 15.0 Å². The summed E-state index contributed by atoms with van der Waals surface area (Å²) in [5, 5.41) is 10.8. The lowest BCUT2D eigenvalue weighted by molar-refractivity contribution is -0.397. The fourth-order valence-electron chi connectivity index (χ4n) is 1.93. The van der Waals surface area contributed by atoms with Gasteiger partial charge in [0.2, 0.25) is 0 Å². The van der Waals surface area contributed by atoms with Crippen LogP contribution in [-0.4, -0.2) is 38.4 Å². The number of rotatable bonds is 11. The first-order valence-electron chi connectivity index (χ1n) is 7.63. The molecule has 0 aliphatic heterocycles. The Morgan fingerprint density at radius 3 is 2.87 bits per heavy atom. The fraction of sp³-hybridized carbons (Fsp3) is 0.714. The standard InChI is InChI=1S/C14H25N5O4/c1-4-5-6-12(20)14(2,3)17-23-11(9-15)10-18-8-7-16-13(18)19(21)22/h7-8,11,17H,4-6,9-10,15H2,1-3H3. The number of nitrogens with one attached hydrogen (secondary N) is 1. The summed E-state index contributed by atoms with van der Waals surface area (Å²) < 4.78 is 1.35. The van der Waals surface area contributed by atoms with Crippen LogP contribution in [0, 0.1) is 10.1 Å². The number of carbonyl (C=O) groups is 1. The second-order valence-corrected chi connectivity index (χ2v) is 5.87. The zero-order valence-corrected chi connectivity index (χ0v) is 13.8. The first kappa shape index (κ1) is 19.2. The molecular weight excluding hydrogens is 302 g/mol. The average molecular weight is 327 g/mol. The van der Waals surface area contributed by atoms with E-state index in [-0.39, 0.29) is 24.8 Å². The number of imidazole rings is 1. The van der Waals surface area contributed by atoms with Gasteiger partial charge in [0.05, 0.1) is 5.54 Å². The molecule has 23 heavy (non-hydrogen) atoms. The van der Waals surface area contributed by atoms with E-state index in [0.717, 1.165) is 12.8 Å². The SMILES string of the molecule is CCCCC(=O)C(C)(C)NOC(CN)Cn1ccnc1[N+](=O)[O-]. The normalized spacial score (nSPS) is 13.0. The van der Waals surface area contributed by atoms with Crippen molar-refractivity contribution in [2.75, 3.05) is 6.54 Å². The maximum Gasteiger partial charge on any atom is 0.434 e. The molecular formula is C14H25N5O4. The molecule has 9 heteroatoms. The molecule has 0 aliphatic rings. The predicted octanol–water partition coefficient (Wildman–Crippen LogP) is 1.18. The fourth-order valence-corrected chi connectivity index (χ4v) is 1.93. The van der Waals surface area contributed by atoms with Crippen LogP contribution in [-0.2, 0) is 16.2 Å². The number of aromatic nitrogens is 2. The lowest BCUT2D eigenvalue weighted by Gasteiger charge is -2.27. The Labute approximate surface area is 135 Å². The van der Waals surface area contributed by atoms with Crippen molar-refractivity contribution < 1.29 is 14.6 Å². The van der Waals surface area contributed by atoms with Crippen LogP contribution in [0.25, 0.3) is 0 Å². The van der Waals surface area contributed by atoms with Gasteiger partial charge in [-0.1, -0.05) is 18.3 Å². The zero-order valence-electron chi connectivity index (χ0n) is 13.8. The highest BCUT2D eigenvalue weighted by atomic mass is 16.7. The summed E-state index contributed by atoms with van der Waals surface area (Å²) in [7, 11) is 0. The zero-order chi connectivity index (χ0) is 17.5. The number of hydrogen-bond donors (Lipinski definition) is 2. The predicted molar refractivity (Wildman–Crippen MR) is 84.6 cm³/mol. The summed E-state index contributed by atoms with van der Waals surface area (Å²) in [5.74, 6) is -0.228. The molecule has 0 fully saturated rings. The Morgan fingerprint density at radius 2 is 2.30 bits per heavy atom. The van der Waals surface area contributed by atoms with E-state index in [9.17, 15) is 14.9 Å². The number of carbonyl (C=O) groups excluding carboxylic acids is 1. The van der Waals surface area contributed by atoms with Crippen LogP contribution in [0.5, 0.6) is 0 Å². The van der Waals surface area contributed by atoms with Gasteiger partial charge in [0.25, 0.3) is 0 Å². The minimum atomic E-state index is -0.844. The molecule has 0 amide bonds. The molecule has 0 saturated carbocycles. The van der Waals surface area contributed by atoms with Gasteiger partial charge in [-0.15, -0.1) is 0 Å². The highest BCUT2D eigenvalue weighted by Crippen LogP contribution is 2.12. The van der Waals surface area contributed by atoms with E-state index in [1.807, 2.05) is 6.92 Å². The van der Waals surface area contributed by atoms with Crippen molar-refractivity contribution in [3.05, 3.63) is 22.5 Å². The lowest BCUT2D eigenvalue weighted by Crippen LogP contribution is -2.49. The van der Waals surface area contributed by atoms with Gasteiger partial charge in [0.1, 0.15) is 25.0 Å². The highest BCUT2D eigenvalue weighted by molar-refractivity contribution is 5.87. The van der Waals surface area contributed by atoms with Crippen LogP contribution in [0.1, 0.15) is 40.0 Å². The highest BCUT2D eigenvalue weighted by Gasteiger charge is 2.28. The average Bonchev–Trinajstić information content (AvgIpc) is 2.97. The maximum absolute atomic E-state index is 12.1. The third-order valence-corrected chi connectivity index (χ3v) is 3.46. The Bertz CT molecular complexity index is 529. The Hall–Kier alpha value is -1.84. The Balaban J connectivity index is 2.61. The van der Waals surface area contributed by atoms with Crippen molar-refractivity contribution in [1.29, 1.82) is 0 Å². The van der Waals surface area contributed by atoms with Gasteiger partial charge in [0, 0.05) is 13.0 Å². The van der Waals surface area contributed by atoms with E-state index in [2.05, 4.69) is 10.5 Å². The Kier molecular flexibility index (Phi) is 7.27.